The Kier molecular flexibility index (Phi) is 3.27. The van der Waals surface area contributed by atoms with Crippen LogP contribution in [0.4, 0.5) is 0 Å². The highest BCUT2D eigenvalue weighted by molar-refractivity contribution is 5.96. The van der Waals surface area contributed by atoms with Crippen molar-refractivity contribution < 1.29 is 14.3 Å². The van der Waals surface area contributed by atoms with Crippen LogP contribution in [0.3, 0.4) is 0 Å². The van der Waals surface area contributed by atoms with E-state index in [1.54, 1.807) is 0 Å². The molecule has 0 spiro atoms. The molecule has 2 aliphatic carbocycles. The van der Waals surface area contributed by atoms with Gasteiger partial charge in [0.1, 0.15) is 0 Å². The standard InChI is InChI=1S/C18H24N2O3/c21-18(19-7-13-5-12-8-22-9-16(12)23-13)14-6-15(10-1-2-10)20-17(14)11-3-4-11/h6,10-13,16,20H,1-5,7-9H2,(H,19,21)/t12-,13?,16+/m1/s1. The average Bonchev–Trinajstić information content (AvgIpc) is 3.45. The molecule has 2 saturated heterocycles. The summed E-state index contributed by atoms with van der Waals surface area (Å²) in [4.78, 5) is 16.2. The molecule has 2 N–H and O–H groups in total. The van der Waals surface area contributed by atoms with Crippen LogP contribution in [0, 0.1) is 5.92 Å². The molecule has 124 valence electrons. The second kappa shape index (κ2) is 5.35. The smallest absolute Gasteiger partial charge is 0.253 e. The van der Waals surface area contributed by atoms with Crippen LogP contribution >= 0.6 is 0 Å². The number of ether oxygens (including phenoxy) is 2. The summed E-state index contributed by atoms with van der Waals surface area (Å²) >= 11 is 0. The molecule has 0 aromatic carbocycles. The third kappa shape index (κ3) is 2.70. The molecular formula is C18H24N2O3. The molecule has 0 bridgehead atoms. The average molecular weight is 316 g/mol. The minimum atomic E-state index is 0.0620. The highest BCUT2D eigenvalue weighted by Crippen LogP contribution is 2.45. The summed E-state index contributed by atoms with van der Waals surface area (Å²) in [5, 5.41) is 3.10. The van der Waals surface area contributed by atoms with Crippen LogP contribution in [0.15, 0.2) is 6.07 Å². The van der Waals surface area contributed by atoms with Crippen LogP contribution in [0.5, 0.6) is 0 Å². The molecule has 1 unspecified atom stereocenters. The fourth-order valence-corrected chi connectivity index (χ4v) is 4.01. The molecule has 5 rings (SSSR count). The normalized spacial score (nSPS) is 33.0. The quantitative estimate of drug-likeness (QED) is 0.876. The van der Waals surface area contributed by atoms with Gasteiger partial charge in [-0.25, -0.2) is 0 Å². The first-order chi connectivity index (χ1) is 11.3. The lowest BCUT2D eigenvalue weighted by Crippen LogP contribution is -2.33. The van der Waals surface area contributed by atoms with Gasteiger partial charge in [0, 0.05) is 23.9 Å². The number of fused-ring (bicyclic) bond motifs is 1. The minimum Gasteiger partial charge on any atom is -0.378 e. The van der Waals surface area contributed by atoms with E-state index in [0.29, 0.717) is 30.9 Å². The van der Waals surface area contributed by atoms with Gasteiger partial charge < -0.3 is 19.8 Å². The SMILES string of the molecule is O=C(NCC1C[C@@H]2COC[C@@H]2O1)c1cc(C2CC2)[nH]c1C1CC1. The summed E-state index contributed by atoms with van der Waals surface area (Å²) < 4.78 is 11.4. The fourth-order valence-electron chi connectivity index (χ4n) is 4.01. The van der Waals surface area contributed by atoms with Crippen molar-refractivity contribution in [2.45, 2.75) is 56.1 Å². The van der Waals surface area contributed by atoms with Crippen LogP contribution in [-0.4, -0.2) is 42.9 Å². The number of aromatic amines is 1. The summed E-state index contributed by atoms with van der Waals surface area (Å²) in [5.41, 5.74) is 3.30. The molecule has 5 heteroatoms. The topological polar surface area (TPSA) is 63.4 Å². The predicted octanol–water partition coefficient (Wildman–Crippen LogP) is 2.30. The molecule has 1 amide bonds. The highest BCUT2D eigenvalue weighted by Gasteiger charge is 2.39. The maximum Gasteiger partial charge on any atom is 0.253 e. The Morgan fingerprint density at radius 3 is 2.78 bits per heavy atom. The van der Waals surface area contributed by atoms with E-state index in [1.807, 2.05) is 0 Å². The number of rotatable bonds is 5. The molecule has 23 heavy (non-hydrogen) atoms. The number of carbonyl (C=O) groups excluding carboxylic acids is 1. The van der Waals surface area contributed by atoms with Gasteiger partial charge in [-0.1, -0.05) is 0 Å². The van der Waals surface area contributed by atoms with Crippen molar-refractivity contribution in [3.8, 4) is 0 Å². The van der Waals surface area contributed by atoms with Gasteiger partial charge in [0.2, 0.25) is 0 Å². The van der Waals surface area contributed by atoms with Crippen LogP contribution in [-0.2, 0) is 9.47 Å². The fraction of sp³-hybridized carbons (Fsp3) is 0.722. The van der Waals surface area contributed by atoms with E-state index in [2.05, 4.69) is 16.4 Å². The first kappa shape index (κ1) is 14.1. The number of hydrogen-bond donors (Lipinski definition) is 2. The molecule has 4 aliphatic rings. The Balaban J connectivity index is 1.24. The predicted molar refractivity (Wildman–Crippen MR) is 84.7 cm³/mol. The van der Waals surface area contributed by atoms with Crippen molar-refractivity contribution in [1.29, 1.82) is 0 Å². The minimum absolute atomic E-state index is 0.0620. The van der Waals surface area contributed by atoms with Crippen molar-refractivity contribution in [3.63, 3.8) is 0 Å². The first-order valence-corrected chi connectivity index (χ1v) is 9.02. The van der Waals surface area contributed by atoms with Crippen molar-refractivity contribution in [2.75, 3.05) is 19.8 Å². The molecule has 2 saturated carbocycles. The van der Waals surface area contributed by atoms with Crippen molar-refractivity contribution in [2.24, 2.45) is 5.92 Å². The zero-order valence-electron chi connectivity index (χ0n) is 13.3. The van der Waals surface area contributed by atoms with E-state index < -0.39 is 0 Å². The maximum absolute atomic E-state index is 12.6. The molecule has 1 aromatic rings. The second-order valence-corrected chi connectivity index (χ2v) is 7.64. The zero-order valence-corrected chi connectivity index (χ0v) is 13.3. The third-order valence-electron chi connectivity index (χ3n) is 5.68. The van der Waals surface area contributed by atoms with Crippen LogP contribution < -0.4 is 5.32 Å². The van der Waals surface area contributed by atoms with Crippen molar-refractivity contribution in [3.05, 3.63) is 23.0 Å². The first-order valence-electron chi connectivity index (χ1n) is 9.02. The van der Waals surface area contributed by atoms with Crippen LogP contribution in [0.2, 0.25) is 0 Å². The monoisotopic (exact) mass is 316 g/mol. The van der Waals surface area contributed by atoms with Gasteiger partial charge in [-0.15, -0.1) is 0 Å². The highest BCUT2D eigenvalue weighted by atomic mass is 16.6. The molecule has 2 aliphatic heterocycles. The Labute approximate surface area is 136 Å². The molecule has 5 nitrogen and oxygen atoms in total. The summed E-state index contributed by atoms with van der Waals surface area (Å²) in [5.74, 6) is 1.81. The van der Waals surface area contributed by atoms with Gasteiger partial charge in [0.15, 0.2) is 0 Å². The molecule has 4 fully saturated rings. The Morgan fingerprint density at radius 1 is 1.22 bits per heavy atom. The van der Waals surface area contributed by atoms with E-state index in [0.717, 1.165) is 18.6 Å². The number of amides is 1. The largest absolute Gasteiger partial charge is 0.378 e. The Bertz CT molecular complexity index is 606. The van der Waals surface area contributed by atoms with Gasteiger partial charge in [-0.05, 0) is 50.0 Å². The third-order valence-corrected chi connectivity index (χ3v) is 5.68. The zero-order chi connectivity index (χ0) is 15.4. The molecule has 3 atom stereocenters. The summed E-state index contributed by atoms with van der Waals surface area (Å²) in [7, 11) is 0. The molecule has 0 radical (unpaired) electrons. The Morgan fingerprint density at radius 2 is 2.04 bits per heavy atom. The van der Waals surface area contributed by atoms with E-state index in [4.69, 9.17) is 9.47 Å². The van der Waals surface area contributed by atoms with Crippen molar-refractivity contribution in [1.82, 2.24) is 10.3 Å². The van der Waals surface area contributed by atoms with E-state index in [-0.39, 0.29) is 18.1 Å². The van der Waals surface area contributed by atoms with Gasteiger partial charge in [-0.2, -0.15) is 0 Å². The number of hydrogen-bond acceptors (Lipinski definition) is 3. The number of aromatic nitrogens is 1. The van der Waals surface area contributed by atoms with Gasteiger partial charge in [0.25, 0.3) is 5.91 Å². The van der Waals surface area contributed by atoms with E-state index >= 15 is 0 Å². The van der Waals surface area contributed by atoms with Crippen LogP contribution in [0.1, 0.15) is 65.7 Å². The maximum atomic E-state index is 12.6. The lowest BCUT2D eigenvalue weighted by molar-refractivity contribution is 0.0203. The van der Waals surface area contributed by atoms with Crippen molar-refractivity contribution >= 4 is 5.91 Å². The van der Waals surface area contributed by atoms with Gasteiger partial charge in [-0.3, -0.25) is 4.79 Å². The van der Waals surface area contributed by atoms with Gasteiger partial charge in [0.05, 0.1) is 31.0 Å². The van der Waals surface area contributed by atoms with Crippen LogP contribution in [0.25, 0.3) is 0 Å². The molecule has 1 aromatic heterocycles. The number of nitrogens with one attached hydrogen (secondary N) is 2. The summed E-state index contributed by atoms with van der Waals surface area (Å²) in [6, 6.07) is 2.10. The summed E-state index contributed by atoms with van der Waals surface area (Å²) in [6.07, 6.45) is 6.32. The Hall–Kier alpha value is -1.33. The lowest BCUT2D eigenvalue weighted by atomic mass is 10.0. The lowest BCUT2D eigenvalue weighted by Gasteiger charge is -2.13. The molecule has 3 heterocycles. The second-order valence-electron chi connectivity index (χ2n) is 7.64. The van der Waals surface area contributed by atoms with E-state index in [9.17, 15) is 4.79 Å². The number of carbonyl (C=O) groups is 1. The summed E-state index contributed by atoms with van der Waals surface area (Å²) in [6.45, 7) is 2.13. The molecular weight excluding hydrogens is 292 g/mol. The van der Waals surface area contributed by atoms with E-state index in [1.165, 1.54) is 37.1 Å². The number of H-pyrrole nitrogens is 1. The van der Waals surface area contributed by atoms with Gasteiger partial charge >= 0.3 is 0 Å².